The molecule has 2 atom stereocenters. The fraction of sp³-hybridized carbons (Fsp3) is 0.524. The van der Waals surface area contributed by atoms with Crippen molar-refractivity contribution in [2.45, 2.75) is 45.1 Å². The first-order valence-corrected chi connectivity index (χ1v) is 9.44. The quantitative estimate of drug-likeness (QED) is 0.847. The van der Waals surface area contributed by atoms with E-state index < -0.39 is 0 Å². The van der Waals surface area contributed by atoms with Gasteiger partial charge in [0.15, 0.2) is 0 Å². The van der Waals surface area contributed by atoms with Gasteiger partial charge in [-0.25, -0.2) is 0 Å². The van der Waals surface area contributed by atoms with Crippen LogP contribution in [0.5, 0.6) is 0 Å². The second-order valence-corrected chi connectivity index (χ2v) is 7.17. The molecule has 0 aliphatic carbocycles. The highest BCUT2D eigenvalue weighted by molar-refractivity contribution is 5.82. The minimum atomic E-state index is -0.0328. The average molecular weight is 340 g/mol. The van der Waals surface area contributed by atoms with E-state index in [1.54, 1.807) is 11.8 Å². The number of carbonyl (C=O) groups excluding carboxylic acids is 2. The fourth-order valence-corrected chi connectivity index (χ4v) is 3.88. The highest BCUT2D eigenvalue weighted by Gasteiger charge is 2.34. The summed E-state index contributed by atoms with van der Waals surface area (Å²) < 4.78 is 0. The van der Waals surface area contributed by atoms with Gasteiger partial charge in [-0.2, -0.15) is 0 Å². The number of carbonyl (C=O) groups is 2. The molecule has 2 amide bonds. The maximum absolute atomic E-state index is 13.1. The Balaban J connectivity index is 1.71. The first-order chi connectivity index (χ1) is 12.1. The standard InChI is InChI=1S/C21H28N2O2/c1-17(24)22-15-13-19(16-22)21(25)23-14-7-3-6-10-20(23)12-11-18-8-4-2-5-9-18/h2,4-5,8-9,11-12,19-20H,3,6-7,10,13-16H2,1H3. The van der Waals surface area contributed by atoms with E-state index >= 15 is 0 Å². The van der Waals surface area contributed by atoms with Gasteiger partial charge in [0.05, 0.1) is 12.0 Å². The van der Waals surface area contributed by atoms with Crippen LogP contribution < -0.4 is 0 Å². The molecule has 134 valence electrons. The van der Waals surface area contributed by atoms with Gasteiger partial charge >= 0.3 is 0 Å². The van der Waals surface area contributed by atoms with Crippen LogP contribution in [-0.4, -0.2) is 47.3 Å². The molecule has 25 heavy (non-hydrogen) atoms. The van der Waals surface area contributed by atoms with Crippen molar-refractivity contribution in [2.24, 2.45) is 5.92 Å². The van der Waals surface area contributed by atoms with E-state index in [-0.39, 0.29) is 23.8 Å². The Labute approximate surface area is 150 Å². The third kappa shape index (κ3) is 4.50. The Kier molecular flexibility index (Phi) is 5.90. The van der Waals surface area contributed by atoms with Crippen molar-refractivity contribution < 1.29 is 9.59 Å². The summed E-state index contributed by atoms with van der Waals surface area (Å²) in [5, 5.41) is 0. The van der Waals surface area contributed by atoms with Gasteiger partial charge in [0.1, 0.15) is 0 Å². The molecule has 2 aliphatic rings. The lowest BCUT2D eigenvalue weighted by atomic mass is 10.0. The smallest absolute Gasteiger partial charge is 0.228 e. The van der Waals surface area contributed by atoms with Gasteiger partial charge in [-0.1, -0.05) is 55.3 Å². The minimum absolute atomic E-state index is 0.0328. The number of rotatable bonds is 3. The molecule has 2 saturated heterocycles. The lowest BCUT2D eigenvalue weighted by Gasteiger charge is -2.30. The predicted molar refractivity (Wildman–Crippen MR) is 99.8 cm³/mol. The number of hydrogen-bond acceptors (Lipinski definition) is 2. The second-order valence-electron chi connectivity index (χ2n) is 7.17. The van der Waals surface area contributed by atoms with Gasteiger partial charge in [-0.15, -0.1) is 0 Å². The molecule has 0 radical (unpaired) electrons. The summed E-state index contributed by atoms with van der Waals surface area (Å²) in [6.07, 6.45) is 9.57. The molecule has 2 aliphatic heterocycles. The first kappa shape index (κ1) is 17.7. The average Bonchev–Trinajstić information content (AvgIpc) is 3.01. The van der Waals surface area contributed by atoms with Crippen LogP contribution in [0.15, 0.2) is 36.4 Å². The van der Waals surface area contributed by atoms with E-state index in [1.807, 2.05) is 18.2 Å². The zero-order valence-electron chi connectivity index (χ0n) is 15.1. The van der Waals surface area contributed by atoms with Gasteiger partial charge in [0.25, 0.3) is 0 Å². The van der Waals surface area contributed by atoms with Gasteiger partial charge in [0.2, 0.25) is 11.8 Å². The monoisotopic (exact) mass is 340 g/mol. The zero-order chi connectivity index (χ0) is 17.6. The van der Waals surface area contributed by atoms with E-state index in [4.69, 9.17) is 0 Å². The molecule has 4 nitrogen and oxygen atoms in total. The highest BCUT2D eigenvalue weighted by atomic mass is 16.2. The van der Waals surface area contributed by atoms with Crippen molar-refractivity contribution in [3.63, 3.8) is 0 Å². The third-order valence-electron chi connectivity index (χ3n) is 5.38. The fourth-order valence-electron chi connectivity index (χ4n) is 3.88. The number of nitrogens with zero attached hydrogens (tertiary/aromatic N) is 2. The molecule has 0 aromatic heterocycles. The van der Waals surface area contributed by atoms with Crippen molar-refractivity contribution in [3.8, 4) is 0 Å². The van der Waals surface area contributed by atoms with Gasteiger partial charge in [-0.05, 0) is 24.8 Å². The molecule has 2 heterocycles. The Morgan fingerprint density at radius 3 is 2.56 bits per heavy atom. The molecule has 0 N–H and O–H groups in total. The van der Waals surface area contributed by atoms with Crippen LogP contribution in [0.3, 0.4) is 0 Å². The van der Waals surface area contributed by atoms with Crippen LogP contribution >= 0.6 is 0 Å². The van der Waals surface area contributed by atoms with E-state index in [0.29, 0.717) is 13.1 Å². The van der Waals surface area contributed by atoms with E-state index in [9.17, 15) is 9.59 Å². The number of hydrogen-bond donors (Lipinski definition) is 0. The summed E-state index contributed by atoms with van der Waals surface area (Å²) in [7, 11) is 0. The van der Waals surface area contributed by atoms with Crippen molar-refractivity contribution in [3.05, 3.63) is 42.0 Å². The Morgan fingerprint density at radius 1 is 1.04 bits per heavy atom. The minimum Gasteiger partial charge on any atom is -0.342 e. The van der Waals surface area contributed by atoms with E-state index in [1.165, 1.54) is 12.0 Å². The Bertz CT molecular complexity index is 626. The van der Waals surface area contributed by atoms with Gasteiger partial charge in [-0.3, -0.25) is 9.59 Å². The van der Waals surface area contributed by atoms with Gasteiger partial charge < -0.3 is 9.80 Å². The van der Waals surface area contributed by atoms with E-state index in [0.717, 1.165) is 32.2 Å². The third-order valence-corrected chi connectivity index (χ3v) is 5.38. The Hall–Kier alpha value is -2.10. The summed E-state index contributed by atoms with van der Waals surface area (Å²) >= 11 is 0. The maximum atomic E-state index is 13.1. The van der Waals surface area contributed by atoms with Crippen LogP contribution in [-0.2, 0) is 9.59 Å². The Morgan fingerprint density at radius 2 is 1.84 bits per heavy atom. The molecule has 1 aromatic rings. The van der Waals surface area contributed by atoms with Crippen molar-refractivity contribution in [1.29, 1.82) is 0 Å². The number of likely N-dealkylation sites (tertiary alicyclic amines) is 2. The van der Waals surface area contributed by atoms with Crippen molar-refractivity contribution in [1.82, 2.24) is 9.80 Å². The van der Waals surface area contributed by atoms with Gasteiger partial charge in [0, 0.05) is 26.6 Å². The van der Waals surface area contributed by atoms with Crippen LogP contribution in [0.2, 0.25) is 0 Å². The van der Waals surface area contributed by atoms with Crippen LogP contribution in [0.25, 0.3) is 6.08 Å². The molecule has 2 fully saturated rings. The molecule has 2 unspecified atom stereocenters. The number of amides is 2. The van der Waals surface area contributed by atoms with Crippen LogP contribution in [0.4, 0.5) is 0 Å². The summed E-state index contributed by atoms with van der Waals surface area (Å²) in [5.41, 5.74) is 1.17. The predicted octanol–water partition coefficient (Wildman–Crippen LogP) is 3.34. The lowest BCUT2D eigenvalue weighted by Crippen LogP contribution is -2.43. The summed E-state index contributed by atoms with van der Waals surface area (Å²) in [4.78, 5) is 28.5. The van der Waals surface area contributed by atoms with E-state index in [2.05, 4.69) is 29.2 Å². The lowest BCUT2D eigenvalue weighted by molar-refractivity contribution is -0.136. The zero-order valence-corrected chi connectivity index (χ0v) is 15.1. The summed E-state index contributed by atoms with van der Waals surface area (Å²) in [6, 6.07) is 10.4. The molecular formula is C21H28N2O2. The molecule has 1 aromatic carbocycles. The largest absolute Gasteiger partial charge is 0.342 e. The molecular weight excluding hydrogens is 312 g/mol. The molecule has 4 heteroatoms. The molecule has 0 spiro atoms. The molecule has 0 saturated carbocycles. The van der Waals surface area contributed by atoms with Crippen molar-refractivity contribution >= 4 is 17.9 Å². The second kappa shape index (κ2) is 8.32. The highest BCUT2D eigenvalue weighted by Crippen LogP contribution is 2.25. The molecule has 0 bridgehead atoms. The SMILES string of the molecule is CC(=O)N1CCC(C(=O)N2CCCCCC2C=Cc2ccccc2)C1. The summed E-state index contributed by atoms with van der Waals surface area (Å²) in [6.45, 7) is 3.72. The maximum Gasteiger partial charge on any atom is 0.228 e. The topological polar surface area (TPSA) is 40.6 Å². The van der Waals surface area contributed by atoms with Crippen LogP contribution in [0.1, 0.15) is 44.6 Å². The van der Waals surface area contributed by atoms with Crippen LogP contribution in [0, 0.1) is 5.92 Å². The first-order valence-electron chi connectivity index (χ1n) is 9.44. The summed E-state index contributed by atoms with van der Waals surface area (Å²) in [5.74, 6) is 0.273. The normalized spacial score (nSPS) is 24.5. The number of benzene rings is 1. The molecule has 3 rings (SSSR count). The van der Waals surface area contributed by atoms with Crippen molar-refractivity contribution in [2.75, 3.05) is 19.6 Å².